The third-order valence-electron chi connectivity index (χ3n) is 17.0. The van der Waals surface area contributed by atoms with E-state index in [1.165, 1.54) is 50.2 Å². The van der Waals surface area contributed by atoms with Crippen LogP contribution in [-0.4, -0.2) is 24.1 Å². The smallest absolute Gasteiger partial charge is 0.149 e. The van der Waals surface area contributed by atoms with Crippen molar-refractivity contribution < 1.29 is 9.15 Å². The topological polar surface area (TPSA) is 70.9 Å². The Kier molecular flexibility index (Phi) is 12.9. The van der Waals surface area contributed by atoms with Crippen LogP contribution in [0.5, 0.6) is 11.5 Å². The minimum atomic E-state index is 0.183. The van der Waals surface area contributed by atoms with Gasteiger partial charge in [0.15, 0.2) is 0 Å². The first-order valence-electron chi connectivity index (χ1n) is 29.7. The number of aryl methyl sites for hydroxylation is 2. The summed E-state index contributed by atoms with van der Waals surface area (Å²) in [7, 11) is 0. The molecule has 0 aliphatic carbocycles. The first kappa shape index (κ1) is 52.5. The van der Waals surface area contributed by atoms with Crippen LogP contribution in [0.1, 0.15) is 113 Å². The van der Waals surface area contributed by atoms with Gasteiger partial charge < -0.3 is 9.15 Å². The molecule has 0 atom stereocenters. The van der Waals surface area contributed by atoms with Gasteiger partial charge in [-0.2, -0.15) is 0 Å². The number of ether oxygens (including phenoxy) is 1. The molecular weight excluding hydrogens is 1030 g/mol. The number of hydrogen-bond donors (Lipinski definition) is 0. The number of nitrogens with zero attached hydrogens (tertiary/aromatic N) is 5. The van der Waals surface area contributed by atoms with Crippen LogP contribution in [0.4, 0.5) is 0 Å². The SMILES string of the molecule is Cc1cc2cc3c(ccc4oc5c(-c6nc7ccccc7n6-c6c(C(C)C)cc(-c7ccccc7)cc6C(C)C)cc(Oc6cccc(-c7nc8ccccc8n7-c7c(C(C)C)cc(-c8ccccc8)cc7C(C)C)c6)cc5c43)cc2c(C)n1. The molecule has 0 aliphatic heterocycles. The summed E-state index contributed by atoms with van der Waals surface area (Å²) in [6.07, 6.45) is 0. The van der Waals surface area contributed by atoms with Gasteiger partial charge in [-0.05, 0) is 195 Å². The second-order valence-corrected chi connectivity index (χ2v) is 24.0. The minimum Gasteiger partial charge on any atom is -0.457 e. The number of aromatic nitrogens is 5. The van der Waals surface area contributed by atoms with Gasteiger partial charge in [-0.25, -0.2) is 9.97 Å². The number of hydrogen-bond acceptors (Lipinski definition) is 5. The van der Waals surface area contributed by atoms with Crippen molar-refractivity contribution in [1.29, 1.82) is 0 Å². The van der Waals surface area contributed by atoms with Crippen molar-refractivity contribution >= 4 is 65.6 Å². The Morgan fingerprint density at radius 2 is 0.905 bits per heavy atom. The molecule has 14 rings (SSSR count). The fraction of sp³-hybridized carbons (Fsp3) is 0.182. The average Bonchev–Trinajstić information content (AvgIpc) is 2.41. The number of furan rings is 1. The van der Waals surface area contributed by atoms with Gasteiger partial charge in [0, 0.05) is 33.1 Å². The highest BCUT2D eigenvalue weighted by atomic mass is 16.5. The zero-order valence-electron chi connectivity index (χ0n) is 49.4. The number of rotatable bonds is 12. The van der Waals surface area contributed by atoms with Crippen LogP contribution < -0.4 is 4.74 Å². The molecule has 0 aliphatic rings. The van der Waals surface area contributed by atoms with Crippen molar-refractivity contribution in [2.75, 3.05) is 0 Å². The Balaban J connectivity index is 1.01. The minimum absolute atomic E-state index is 0.183. The van der Waals surface area contributed by atoms with E-state index >= 15 is 0 Å². The highest BCUT2D eigenvalue weighted by Crippen LogP contribution is 2.47. The maximum atomic E-state index is 7.34. The Morgan fingerprint density at radius 1 is 0.393 bits per heavy atom. The Morgan fingerprint density at radius 3 is 1.48 bits per heavy atom. The molecule has 0 spiro atoms. The van der Waals surface area contributed by atoms with E-state index in [0.717, 1.165) is 105 Å². The molecule has 0 fully saturated rings. The number of imidazole rings is 2. The Labute approximate surface area is 490 Å². The largest absolute Gasteiger partial charge is 0.457 e. The Hall–Kier alpha value is -9.59. The van der Waals surface area contributed by atoms with Gasteiger partial charge in [0.05, 0.1) is 39.0 Å². The molecule has 0 saturated carbocycles. The van der Waals surface area contributed by atoms with E-state index in [-0.39, 0.29) is 23.7 Å². The first-order chi connectivity index (χ1) is 40.8. The first-order valence-corrected chi connectivity index (χ1v) is 29.7. The van der Waals surface area contributed by atoms with Gasteiger partial charge in [-0.1, -0.05) is 159 Å². The molecule has 0 radical (unpaired) electrons. The van der Waals surface area contributed by atoms with Crippen molar-refractivity contribution in [1.82, 2.24) is 24.1 Å². The second kappa shape index (κ2) is 20.7. The number of para-hydroxylation sites is 4. The normalized spacial score (nSPS) is 12.1. The van der Waals surface area contributed by atoms with Gasteiger partial charge in [0.25, 0.3) is 0 Å². The van der Waals surface area contributed by atoms with Gasteiger partial charge >= 0.3 is 0 Å². The lowest BCUT2D eigenvalue weighted by Crippen LogP contribution is -2.09. The average molecular weight is 1090 g/mol. The van der Waals surface area contributed by atoms with Gasteiger partial charge in [0.1, 0.15) is 34.3 Å². The fourth-order valence-electron chi connectivity index (χ4n) is 12.9. The van der Waals surface area contributed by atoms with Crippen molar-refractivity contribution in [2.24, 2.45) is 0 Å². The van der Waals surface area contributed by atoms with Crippen LogP contribution in [0.2, 0.25) is 0 Å². The lowest BCUT2D eigenvalue weighted by molar-refractivity contribution is 0.483. The molecule has 14 aromatic rings. The van der Waals surface area contributed by atoms with E-state index in [1.54, 1.807) is 0 Å². The van der Waals surface area contributed by atoms with E-state index in [0.29, 0.717) is 11.5 Å². The molecule has 4 heterocycles. The van der Waals surface area contributed by atoms with Crippen LogP contribution in [0.15, 0.2) is 205 Å². The van der Waals surface area contributed by atoms with Gasteiger partial charge in [0.2, 0.25) is 0 Å². The molecule has 0 N–H and O–H groups in total. The number of fused-ring (bicyclic) bond motifs is 8. The summed E-state index contributed by atoms with van der Waals surface area (Å²) in [4.78, 5) is 16.0. The molecule has 0 bridgehead atoms. The van der Waals surface area contributed by atoms with Crippen LogP contribution in [0.25, 0.3) is 122 Å². The predicted octanol–water partition coefficient (Wildman–Crippen LogP) is 21.5. The van der Waals surface area contributed by atoms with E-state index < -0.39 is 0 Å². The maximum Gasteiger partial charge on any atom is 0.149 e. The monoisotopic (exact) mass is 1090 g/mol. The lowest BCUT2D eigenvalue weighted by atomic mass is 9.88. The molecule has 0 amide bonds. The van der Waals surface area contributed by atoms with Crippen molar-refractivity contribution in [3.63, 3.8) is 0 Å². The molecule has 4 aromatic heterocycles. The summed E-state index contributed by atoms with van der Waals surface area (Å²) in [6, 6.07) is 71.9. The molecule has 84 heavy (non-hydrogen) atoms. The second-order valence-electron chi connectivity index (χ2n) is 24.0. The predicted molar refractivity (Wildman–Crippen MR) is 350 cm³/mol. The molecule has 7 nitrogen and oxygen atoms in total. The van der Waals surface area contributed by atoms with E-state index in [9.17, 15) is 0 Å². The van der Waals surface area contributed by atoms with Crippen LogP contribution in [0.3, 0.4) is 0 Å². The quantitative estimate of drug-likeness (QED) is 0.114. The molecular formula is C77H67N5O2. The summed E-state index contributed by atoms with van der Waals surface area (Å²) in [6.45, 7) is 22.6. The maximum absolute atomic E-state index is 7.34. The van der Waals surface area contributed by atoms with Crippen molar-refractivity contribution in [3.05, 3.63) is 234 Å². The number of pyridine rings is 1. The van der Waals surface area contributed by atoms with Crippen molar-refractivity contribution in [3.8, 4) is 67.9 Å². The standard InChI is InChI=1S/C77H67N5O2/c1-44(2)59-37-54(50-22-13-11-14-23-50)38-60(45(3)4)73(59)81-69-30-19-17-28-67(69)79-76(81)53-26-21-27-57(35-53)83-58-42-65-72-64-41-56-34-48(9)78-49(10)63(56)36-52(64)32-33-71(72)84-75(65)66(43-58)77-80-68-29-18-20-31-70(68)82(77)74-61(46(5)6)39-55(40-62(74)47(7)8)51-24-15-12-16-25-51/h11-47H,1-10H3. The van der Waals surface area contributed by atoms with Crippen LogP contribution >= 0.6 is 0 Å². The highest BCUT2D eigenvalue weighted by molar-refractivity contribution is 6.23. The zero-order chi connectivity index (χ0) is 57.7. The Bertz CT molecular complexity index is 4840. The molecule has 0 unspecified atom stereocenters. The fourth-order valence-corrected chi connectivity index (χ4v) is 12.9. The highest BCUT2D eigenvalue weighted by Gasteiger charge is 2.29. The summed E-state index contributed by atoms with van der Waals surface area (Å²) in [5.41, 5.74) is 21.3. The van der Waals surface area contributed by atoms with Crippen LogP contribution in [-0.2, 0) is 0 Å². The van der Waals surface area contributed by atoms with Gasteiger partial charge in [-0.15, -0.1) is 0 Å². The summed E-state index contributed by atoms with van der Waals surface area (Å²) in [5.74, 6) is 3.78. The molecule has 412 valence electrons. The summed E-state index contributed by atoms with van der Waals surface area (Å²) >= 11 is 0. The molecule has 7 heteroatoms. The van der Waals surface area contributed by atoms with Crippen molar-refractivity contribution in [2.45, 2.75) is 92.9 Å². The summed E-state index contributed by atoms with van der Waals surface area (Å²) in [5, 5.41) is 6.44. The summed E-state index contributed by atoms with van der Waals surface area (Å²) < 4.78 is 19.4. The molecule has 0 saturated heterocycles. The van der Waals surface area contributed by atoms with E-state index in [2.05, 4.69) is 279 Å². The van der Waals surface area contributed by atoms with E-state index in [4.69, 9.17) is 24.1 Å². The zero-order valence-corrected chi connectivity index (χ0v) is 49.4. The van der Waals surface area contributed by atoms with E-state index in [1.807, 2.05) is 0 Å². The third kappa shape index (κ3) is 8.92. The van der Waals surface area contributed by atoms with Crippen LogP contribution in [0, 0.1) is 13.8 Å². The van der Waals surface area contributed by atoms with Gasteiger partial charge in [-0.3, -0.25) is 14.1 Å². The third-order valence-corrected chi connectivity index (χ3v) is 17.0. The molecule has 10 aromatic carbocycles. The number of benzene rings is 10. The lowest BCUT2D eigenvalue weighted by Gasteiger charge is -2.24.